The van der Waals surface area contributed by atoms with Gasteiger partial charge in [-0.1, -0.05) is 12.2 Å². The van der Waals surface area contributed by atoms with Gasteiger partial charge in [-0.2, -0.15) is 0 Å². The summed E-state index contributed by atoms with van der Waals surface area (Å²) in [5, 5.41) is 0. The highest BCUT2D eigenvalue weighted by Gasteiger charge is 2.12. The van der Waals surface area contributed by atoms with Gasteiger partial charge in [0.25, 0.3) is 0 Å². The van der Waals surface area contributed by atoms with Gasteiger partial charge in [0.2, 0.25) is 10.0 Å². The minimum absolute atomic E-state index is 0.00674. The van der Waals surface area contributed by atoms with Crippen molar-refractivity contribution in [1.82, 2.24) is 0 Å². The van der Waals surface area contributed by atoms with Crippen LogP contribution in [0.2, 0.25) is 0 Å². The maximum absolute atomic E-state index is 11.4. The fourth-order valence-electron chi connectivity index (χ4n) is 1.17. The van der Waals surface area contributed by atoms with E-state index >= 15 is 0 Å². The van der Waals surface area contributed by atoms with Crippen molar-refractivity contribution in [2.45, 2.75) is 6.92 Å². The highest BCUT2D eigenvalue weighted by atomic mass is 32.2. The zero-order chi connectivity index (χ0) is 13.1. The van der Waals surface area contributed by atoms with Crippen LogP contribution in [0.25, 0.3) is 0 Å². The Morgan fingerprint density at radius 2 is 2.18 bits per heavy atom. The lowest BCUT2D eigenvalue weighted by atomic mass is 10.2. The Balaban J connectivity index is 3.14. The lowest BCUT2D eigenvalue weighted by Gasteiger charge is -2.11. The first kappa shape index (κ1) is 13.7. The molecule has 0 aliphatic carbocycles. The van der Waals surface area contributed by atoms with Gasteiger partial charge in [-0.25, -0.2) is 8.42 Å². The van der Waals surface area contributed by atoms with E-state index in [0.717, 1.165) is 0 Å². The third kappa shape index (κ3) is 3.57. The van der Waals surface area contributed by atoms with Crippen molar-refractivity contribution in [1.29, 1.82) is 0 Å². The first-order valence-electron chi connectivity index (χ1n) is 4.88. The number of rotatable bonds is 5. The molecule has 5 nitrogen and oxygen atoms in total. The van der Waals surface area contributed by atoms with Gasteiger partial charge in [-0.3, -0.25) is 4.72 Å². The van der Waals surface area contributed by atoms with E-state index < -0.39 is 10.0 Å². The van der Waals surface area contributed by atoms with Crippen molar-refractivity contribution in [2.75, 3.05) is 17.6 Å². The van der Waals surface area contributed by atoms with Crippen molar-refractivity contribution in [3.8, 4) is 5.75 Å². The number of thiocarbonyl (C=S) groups is 1. The summed E-state index contributed by atoms with van der Waals surface area (Å²) >= 11 is 4.83. The largest absolute Gasteiger partial charge is 0.495 e. The minimum Gasteiger partial charge on any atom is -0.495 e. The summed E-state index contributed by atoms with van der Waals surface area (Å²) in [5.74, 6) is 0.375. The van der Waals surface area contributed by atoms with E-state index in [1.54, 1.807) is 25.1 Å². The minimum atomic E-state index is -3.33. The average Bonchev–Trinajstić information content (AvgIpc) is 2.29. The molecule has 17 heavy (non-hydrogen) atoms. The van der Waals surface area contributed by atoms with Crippen LogP contribution in [0.1, 0.15) is 12.5 Å². The fourth-order valence-corrected chi connectivity index (χ4v) is 1.94. The van der Waals surface area contributed by atoms with Crippen LogP contribution in [-0.2, 0) is 10.0 Å². The molecule has 0 atom stereocenters. The molecule has 0 aromatic heterocycles. The predicted octanol–water partition coefficient (Wildman–Crippen LogP) is 1.09. The molecule has 0 aliphatic rings. The molecule has 1 rings (SSSR count). The Hall–Kier alpha value is -1.34. The highest BCUT2D eigenvalue weighted by Crippen LogP contribution is 2.26. The molecule has 0 heterocycles. The molecule has 0 saturated carbocycles. The number of ether oxygens (including phenoxy) is 1. The molecule has 94 valence electrons. The van der Waals surface area contributed by atoms with Crippen LogP contribution in [0.4, 0.5) is 5.69 Å². The van der Waals surface area contributed by atoms with E-state index in [9.17, 15) is 8.42 Å². The summed E-state index contributed by atoms with van der Waals surface area (Å²) in [7, 11) is -1.89. The summed E-state index contributed by atoms with van der Waals surface area (Å²) in [6.07, 6.45) is 0. The molecule has 0 spiro atoms. The van der Waals surface area contributed by atoms with Crippen LogP contribution in [0.15, 0.2) is 18.2 Å². The topological polar surface area (TPSA) is 81.4 Å². The molecular formula is C10H14N2O3S2. The number of anilines is 1. The number of nitrogens with one attached hydrogen (secondary N) is 1. The number of nitrogens with two attached hydrogens (primary N) is 1. The Kier molecular flexibility index (Phi) is 4.30. The molecule has 3 N–H and O–H groups in total. The first-order valence-corrected chi connectivity index (χ1v) is 6.94. The van der Waals surface area contributed by atoms with Crippen LogP contribution in [0.3, 0.4) is 0 Å². The normalized spacial score (nSPS) is 10.9. The summed E-state index contributed by atoms with van der Waals surface area (Å²) in [4.78, 5) is 0.230. The number of methoxy groups -OCH3 is 1. The van der Waals surface area contributed by atoms with Gasteiger partial charge in [0, 0.05) is 5.56 Å². The monoisotopic (exact) mass is 274 g/mol. The van der Waals surface area contributed by atoms with Crippen molar-refractivity contribution in [2.24, 2.45) is 5.73 Å². The standard InChI is InChI=1S/C10H14N2O3S2/c1-3-17(13,14)12-8-5-4-7(10(11)16)6-9(8)15-2/h4-6,12H,3H2,1-2H3,(H2,11,16). The number of sulfonamides is 1. The van der Waals surface area contributed by atoms with Gasteiger partial charge in [-0.15, -0.1) is 0 Å². The summed E-state index contributed by atoms with van der Waals surface area (Å²) < 4.78 is 30.4. The van der Waals surface area contributed by atoms with E-state index in [4.69, 9.17) is 22.7 Å². The Morgan fingerprint density at radius 3 is 2.65 bits per heavy atom. The third-order valence-electron chi connectivity index (χ3n) is 2.13. The van der Waals surface area contributed by atoms with Crippen LogP contribution in [-0.4, -0.2) is 26.3 Å². The van der Waals surface area contributed by atoms with Crippen LogP contribution < -0.4 is 15.2 Å². The van der Waals surface area contributed by atoms with Crippen LogP contribution in [0, 0.1) is 0 Å². The summed E-state index contributed by atoms with van der Waals surface area (Å²) in [6.45, 7) is 1.55. The second kappa shape index (κ2) is 5.33. The Bertz CT molecular complexity index is 526. The number of hydrogen-bond acceptors (Lipinski definition) is 4. The number of benzene rings is 1. The zero-order valence-electron chi connectivity index (χ0n) is 9.56. The SMILES string of the molecule is CCS(=O)(=O)Nc1ccc(C(N)=S)cc1OC. The summed E-state index contributed by atoms with van der Waals surface area (Å²) in [6, 6.07) is 4.80. The van der Waals surface area contributed by atoms with Crippen LogP contribution >= 0.6 is 12.2 Å². The third-order valence-corrected chi connectivity index (χ3v) is 3.66. The molecule has 7 heteroatoms. The van der Waals surface area contributed by atoms with Gasteiger partial charge >= 0.3 is 0 Å². The van der Waals surface area contributed by atoms with E-state index in [1.807, 2.05) is 0 Å². The molecule has 0 saturated heterocycles. The second-order valence-corrected chi connectivity index (χ2v) is 5.74. The molecular weight excluding hydrogens is 260 g/mol. The maximum Gasteiger partial charge on any atom is 0.232 e. The molecule has 0 bridgehead atoms. The predicted molar refractivity (Wildman–Crippen MR) is 72.0 cm³/mol. The molecule has 1 aromatic carbocycles. The lowest BCUT2D eigenvalue weighted by molar-refractivity contribution is 0.417. The Morgan fingerprint density at radius 1 is 1.53 bits per heavy atom. The van der Waals surface area contributed by atoms with E-state index in [2.05, 4.69) is 4.72 Å². The molecule has 1 aromatic rings. The smallest absolute Gasteiger partial charge is 0.232 e. The van der Waals surface area contributed by atoms with Gasteiger partial charge in [0.05, 0.1) is 18.6 Å². The quantitative estimate of drug-likeness (QED) is 0.786. The molecule has 0 amide bonds. The second-order valence-electron chi connectivity index (χ2n) is 3.28. The van der Waals surface area contributed by atoms with Crippen molar-refractivity contribution in [3.63, 3.8) is 0 Å². The Labute approximate surface area is 106 Å². The van der Waals surface area contributed by atoms with Gasteiger partial charge in [0.15, 0.2) is 0 Å². The van der Waals surface area contributed by atoms with Crippen molar-refractivity contribution in [3.05, 3.63) is 23.8 Å². The molecule has 0 fully saturated rings. The number of hydrogen-bond donors (Lipinski definition) is 2. The van der Waals surface area contributed by atoms with Gasteiger partial charge < -0.3 is 10.5 Å². The van der Waals surface area contributed by atoms with Crippen molar-refractivity contribution >= 4 is 32.9 Å². The van der Waals surface area contributed by atoms with Gasteiger partial charge in [-0.05, 0) is 25.1 Å². The van der Waals surface area contributed by atoms with Crippen molar-refractivity contribution < 1.29 is 13.2 Å². The maximum atomic E-state index is 11.4. The van der Waals surface area contributed by atoms with Gasteiger partial charge in [0.1, 0.15) is 10.7 Å². The summed E-state index contributed by atoms with van der Waals surface area (Å²) in [5.41, 5.74) is 6.47. The van der Waals surface area contributed by atoms with Crippen LogP contribution in [0.5, 0.6) is 5.75 Å². The highest BCUT2D eigenvalue weighted by molar-refractivity contribution is 7.92. The fraction of sp³-hybridized carbons (Fsp3) is 0.300. The van der Waals surface area contributed by atoms with E-state index in [1.165, 1.54) is 7.11 Å². The van der Waals surface area contributed by atoms with E-state index in [-0.39, 0.29) is 10.7 Å². The zero-order valence-corrected chi connectivity index (χ0v) is 11.2. The van der Waals surface area contributed by atoms with E-state index in [0.29, 0.717) is 17.0 Å². The molecule has 0 aliphatic heterocycles. The molecule has 0 radical (unpaired) electrons. The molecule has 0 unspecified atom stereocenters. The average molecular weight is 274 g/mol. The lowest BCUT2D eigenvalue weighted by Crippen LogP contribution is -2.16. The first-order chi connectivity index (χ1) is 7.89.